The van der Waals surface area contributed by atoms with Crippen LogP contribution in [0.2, 0.25) is 0 Å². The summed E-state index contributed by atoms with van der Waals surface area (Å²) in [5, 5.41) is 0. The first-order valence-corrected chi connectivity index (χ1v) is 12.3. The van der Waals surface area contributed by atoms with Gasteiger partial charge in [0.05, 0.1) is 20.3 Å². The van der Waals surface area contributed by atoms with Crippen molar-refractivity contribution in [3.8, 4) is 11.5 Å². The van der Waals surface area contributed by atoms with Crippen LogP contribution in [0.4, 0.5) is 0 Å². The number of hydrogen-bond donors (Lipinski definition) is 0. The molecule has 1 aromatic heterocycles. The van der Waals surface area contributed by atoms with E-state index in [4.69, 9.17) is 9.47 Å². The molecule has 2 fully saturated rings. The predicted molar refractivity (Wildman–Crippen MR) is 119 cm³/mol. The molecule has 1 unspecified atom stereocenters. The molecule has 8 nitrogen and oxygen atoms in total. The van der Waals surface area contributed by atoms with E-state index < -0.39 is 10.0 Å². The van der Waals surface area contributed by atoms with Crippen LogP contribution in [0.1, 0.15) is 37.3 Å². The quantitative estimate of drug-likeness (QED) is 0.660. The SMILES string of the molecule is COc1ccc(C2CCCN2C(=O)C2CCN(S(=O)(=O)c3cccnc3)CC2)c(OC)c1. The van der Waals surface area contributed by atoms with E-state index in [0.29, 0.717) is 44.0 Å². The fourth-order valence-corrected chi connectivity index (χ4v) is 6.11. The van der Waals surface area contributed by atoms with Gasteiger partial charge in [0.1, 0.15) is 16.4 Å². The molecule has 0 N–H and O–H groups in total. The molecule has 0 spiro atoms. The molecule has 2 aromatic rings. The highest BCUT2D eigenvalue weighted by Crippen LogP contribution is 2.40. The fraction of sp³-hybridized carbons (Fsp3) is 0.478. The highest BCUT2D eigenvalue weighted by Gasteiger charge is 2.38. The largest absolute Gasteiger partial charge is 0.497 e. The van der Waals surface area contributed by atoms with Crippen LogP contribution in [-0.2, 0) is 14.8 Å². The van der Waals surface area contributed by atoms with Crippen molar-refractivity contribution in [2.45, 2.75) is 36.6 Å². The Bertz CT molecular complexity index is 1050. The van der Waals surface area contributed by atoms with Crippen molar-refractivity contribution < 1.29 is 22.7 Å². The van der Waals surface area contributed by atoms with Gasteiger partial charge in [0.25, 0.3) is 0 Å². The number of aromatic nitrogens is 1. The Hall–Kier alpha value is -2.65. The standard InChI is InChI=1S/C23H29N3O5S/c1-30-18-7-8-20(22(15-18)31-2)21-6-4-12-26(21)23(27)17-9-13-25(14-10-17)32(28,29)19-5-3-11-24-16-19/h3,5,7-8,11,15-17,21H,4,6,9-10,12-14H2,1-2H3. The third-order valence-electron chi connectivity index (χ3n) is 6.41. The molecule has 2 aliphatic rings. The third-order valence-corrected chi connectivity index (χ3v) is 8.29. The summed E-state index contributed by atoms with van der Waals surface area (Å²) in [5.74, 6) is 1.35. The van der Waals surface area contributed by atoms with E-state index in [1.165, 1.54) is 10.5 Å². The van der Waals surface area contributed by atoms with Gasteiger partial charge in [0.15, 0.2) is 0 Å². The van der Waals surface area contributed by atoms with Crippen LogP contribution in [0.3, 0.4) is 0 Å². The summed E-state index contributed by atoms with van der Waals surface area (Å²) < 4.78 is 38.0. The van der Waals surface area contributed by atoms with Crippen LogP contribution in [0, 0.1) is 5.92 Å². The third kappa shape index (κ3) is 4.31. The van der Waals surface area contributed by atoms with Crippen molar-refractivity contribution >= 4 is 15.9 Å². The van der Waals surface area contributed by atoms with Crippen molar-refractivity contribution in [3.05, 3.63) is 48.3 Å². The average Bonchev–Trinajstić information content (AvgIpc) is 3.33. The Morgan fingerprint density at radius 2 is 1.84 bits per heavy atom. The molecule has 0 radical (unpaired) electrons. The van der Waals surface area contributed by atoms with Gasteiger partial charge in [-0.05, 0) is 49.9 Å². The number of piperidine rings is 1. The Morgan fingerprint density at radius 3 is 2.50 bits per heavy atom. The monoisotopic (exact) mass is 459 g/mol. The normalized spacial score (nSPS) is 20.3. The summed E-state index contributed by atoms with van der Waals surface area (Å²) in [6, 6.07) is 8.83. The number of rotatable bonds is 6. The molecule has 0 bridgehead atoms. The minimum atomic E-state index is -3.58. The number of sulfonamides is 1. The lowest BCUT2D eigenvalue weighted by Crippen LogP contribution is -2.44. The fourth-order valence-electron chi connectivity index (χ4n) is 4.67. The molecule has 0 aliphatic carbocycles. The maximum atomic E-state index is 13.4. The minimum absolute atomic E-state index is 0.0412. The van der Waals surface area contributed by atoms with Crippen LogP contribution in [0.15, 0.2) is 47.6 Å². The van der Waals surface area contributed by atoms with Gasteiger partial charge < -0.3 is 14.4 Å². The zero-order valence-electron chi connectivity index (χ0n) is 18.4. The topological polar surface area (TPSA) is 89.0 Å². The molecule has 1 aromatic carbocycles. The lowest BCUT2D eigenvalue weighted by atomic mass is 9.95. The first-order valence-electron chi connectivity index (χ1n) is 10.9. The van der Waals surface area contributed by atoms with Gasteiger partial charge in [0.2, 0.25) is 15.9 Å². The summed E-state index contributed by atoms with van der Waals surface area (Å²) in [7, 11) is -0.347. The summed E-state index contributed by atoms with van der Waals surface area (Å²) in [6.07, 6.45) is 5.75. The Labute approximate surface area is 189 Å². The maximum Gasteiger partial charge on any atom is 0.244 e. The number of amides is 1. The van der Waals surface area contributed by atoms with E-state index in [-0.39, 0.29) is 22.8 Å². The average molecular weight is 460 g/mol. The molecular formula is C23H29N3O5S. The van der Waals surface area contributed by atoms with Gasteiger partial charge in [-0.2, -0.15) is 4.31 Å². The molecule has 172 valence electrons. The lowest BCUT2D eigenvalue weighted by Gasteiger charge is -2.34. The van der Waals surface area contributed by atoms with Crippen molar-refractivity contribution in [1.29, 1.82) is 0 Å². The Balaban J connectivity index is 1.45. The summed E-state index contributed by atoms with van der Waals surface area (Å²) in [6.45, 7) is 1.36. The number of methoxy groups -OCH3 is 2. The molecule has 32 heavy (non-hydrogen) atoms. The van der Waals surface area contributed by atoms with Crippen molar-refractivity contribution in [2.24, 2.45) is 5.92 Å². The Kier molecular flexibility index (Phi) is 6.66. The summed E-state index contributed by atoms with van der Waals surface area (Å²) >= 11 is 0. The summed E-state index contributed by atoms with van der Waals surface area (Å²) in [4.78, 5) is 19.5. The number of carbonyl (C=O) groups is 1. The number of pyridine rings is 1. The smallest absolute Gasteiger partial charge is 0.244 e. The molecule has 4 rings (SSSR count). The number of nitrogens with zero attached hydrogens (tertiary/aromatic N) is 3. The van der Waals surface area contributed by atoms with Crippen molar-refractivity contribution in [1.82, 2.24) is 14.2 Å². The number of likely N-dealkylation sites (tertiary alicyclic amines) is 1. The van der Waals surface area contributed by atoms with E-state index >= 15 is 0 Å². The molecule has 0 saturated carbocycles. The highest BCUT2D eigenvalue weighted by atomic mass is 32.2. The molecule has 2 aliphatic heterocycles. The van der Waals surface area contributed by atoms with E-state index in [0.717, 1.165) is 18.4 Å². The van der Waals surface area contributed by atoms with Crippen LogP contribution in [-0.4, -0.2) is 62.4 Å². The molecule has 3 heterocycles. The van der Waals surface area contributed by atoms with Crippen LogP contribution in [0.25, 0.3) is 0 Å². The lowest BCUT2D eigenvalue weighted by molar-refractivity contribution is -0.137. The van der Waals surface area contributed by atoms with Gasteiger partial charge in [-0.1, -0.05) is 0 Å². The van der Waals surface area contributed by atoms with Crippen LogP contribution >= 0.6 is 0 Å². The molecule has 9 heteroatoms. The highest BCUT2D eigenvalue weighted by molar-refractivity contribution is 7.89. The predicted octanol–water partition coefficient (Wildman–Crippen LogP) is 2.86. The van der Waals surface area contributed by atoms with Gasteiger partial charge in [0, 0.05) is 49.6 Å². The van der Waals surface area contributed by atoms with Gasteiger partial charge in [-0.3, -0.25) is 9.78 Å². The van der Waals surface area contributed by atoms with Crippen molar-refractivity contribution in [2.75, 3.05) is 33.9 Å². The van der Waals surface area contributed by atoms with Crippen LogP contribution in [0.5, 0.6) is 11.5 Å². The van der Waals surface area contributed by atoms with Gasteiger partial charge in [-0.15, -0.1) is 0 Å². The maximum absolute atomic E-state index is 13.4. The van der Waals surface area contributed by atoms with E-state index in [9.17, 15) is 13.2 Å². The second-order valence-electron chi connectivity index (χ2n) is 8.16. The number of benzene rings is 1. The number of carbonyl (C=O) groups excluding carboxylic acids is 1. The first kappa shape index (κ1) is 22.5. The first-order chi connectivity index (χ1) is 15.5. The second kappa shape index (κ2) is 9.46. The van der Waals surface area contributed by atoms with Gasteiger partial charge >= 0.3 is 0 Å². The van der Waals surface area contributed by atoms with E-state index in [1.807, 2.05) is 23.1 Å². The molecule has 1 atom stereocenters. The second-order valence-corrected chi connectivity index (χ2v) is 10.1. The van der Waals surface area contributed by atoms with Gasteiger partial charge in [-0.25, -0.2) is 8.42 Å². The van der Waals surface area contributed by atoms with Crippen molar-refractivity contribution in [3.63, 3.8) is 0 Å². The molecular weight excluding hydrogens is 430 g/mol. The molecule has 1 amide bonds. The zero-order chi connectivity index (χ0) is 22.7. The zero-order valence-corrected chi connectivity index (χ0v) is 19.3. The van der Waals surface area contributed by atoms with E-state index in [2.05, 4.69) is 4.98 Å². The number of hydrogen-bond acceptors (Lipinski definition) is 6. The van der Waals surface area contributed by atoms with Crippen LogP contribution < -0.4 is 9.47 Å². The number of ether oxygens (including phenoxy) is 2. The Morgan fingerprint density at radius 1 is 1.06 bits per heavy atom. The molecule has 2 saturated heterocycles. The summed E-state index contributed by atoms with van der Waals surface area (Å²) in [5.41, 5.74) is 0.982. The minimum Gasteiger partial charge on any atom is -0.497 e. The van der Waals surface area contributed by atoms with E-state index in [1.54, 1.807) is 32.5 Å².